The minimum atomic E-state index is -4.67. The van der Waals surface area contributed by atoms with E-state index in [2.05, 4.69) is 5.32 Å². The summed E-state index contributed by atoms with van der Waals surface area (Å²) in [5.74, 6) is 0. The van der Waals surface area contributed by atoms with Crippen molar-refractivity contribution in [1.29, 1.82) is 0 Å². The monoisotopic (exact) mass is 292 g/mol. The molecule has 112 valence electrons. The zero-order chi connectivity index (χ0) is 15.3. The molecular formula is C12H15F3N2O3. The molecule has 1 N–H and O–H groups in total. The lowest BCUT2D eigenvalue weighted by atomic mass is 10.1. The van der Waals surface area contributed by atoms with Crippen molar-refractivity contribution in [1.82, 2.24) is 0 Å². The van der Waals surface area contributed by atoms with Crippen LogP contribution in [0.15, 0.2) is 18.2 Å². The quantitative estimate of drug-likeness (QED) is 0.644. The van der Waals surface area contributed by atoms with Crippen LogP contribution in [0.4, 0.5) is 24.5 Å². The molecule has 0 spiro atoms. The number of nitrogens with one attached hydrogen (secondary N) is 1. The summed E-state index contributed by atoms with van der Waals surface area (Å²) in [7, 11) is 0. The van der Waals surface area contributed by atoms with Gasteiger partial charge >= 0.3 is 6.18 Å². The molecule has 1 atom stereocenters. The number of nitro groups is 1. The van der Waals surface area contributed by atoms with Crippen LogP contribution in [0.1, 0.15) is 19.4 Å². The van der Waals surface area contributed by atoms with Crippen LogP contribution >= 0.6 is 0 Å². The number of halogens is 3. The summed E-state index contributed by atoms with van der Waals surface area (Å²) in [5.41, 5.74) is -1.86. The molecule has 1 unspecified atom stereocenters. The fraction of sp³-hybridized carbons (Fsp3) is 0.500. The highest BCUT2D eigenvalue weighted by molar-refractivity contribution is 5.57. The highest BCUT2D eigenvalue weighted by Crippen LogP contribution is 2.37. The maximum Gasteiger partial charge on any atom is 0.418 e. The summed E-state index contributed by atoms with van der Waals surface area (Å²) in [5, 5.41) is 13.2. The van der Waals surface area contributed by atoms with E-state index < -0.39 is 22.4 Å². The number of alkyl halides is 3. The lowest BCUT2D eigenvalue weighted by Crippen LogP contribution is -2.23. The lowest BCUT2D eigenvalue weighted by Gasteiger charge is -2.19. The molecule has 0 fully saturated rings. The SMILES string of the molecule is CCOCC(C)Nc1ccc([N+](=O)[O-])cc1C(F)(F)F. The third kappa shape index (κ3) is 4.37. The van der Waals surface area contributed by atoms with Gasteiger partial charge in [-0.15, -0.1) is 0 Å². The van der Waals surface area contributed by atoms with Crippen molar-refractivity contribution in [3.05, 3.63) is 33.9 Å². The fourth-order valence-corrected chi connectivity index (χ4v) is 1.61. The number of nitrogens with zero attached hydrogens (tertiary/aromatic N) is 1. The Labute approximate surface area is 113 Å². The van der Waals surface area contributed by atoms with E-state index in [0.717, 1.165) is 12.1 Å². The first-order chi connectivity index (χ1) is 9.25. The number of anilines is 1. The van der Waals surface area contributed by atoms with Crippen LogP contribution in [0.5, 0.6) is 0 Å². The van der Waals surface area contributed by atoms with Crippen molar-refractivity contribution in [2.75, 3.05) is 18.5 Å². The first kappa shape index (κ1) is 16.2. The average Bonchev–Trinajstić information content (AvgIpc) is 2.35. The van der Waals surface area contributed by atoms with Crippen LogP contribution in [0, 0.1) is 10.1 Å². The van der Waals surface area contributed by atoms with Gasteiger partial charge in [0.2, 0.25) is 0 Å². The Bertz CT molecular complexity index is 478. The summed E-state index contributed by atoms with van der Waals surface area (Å²) in [6, 6.07) is 2.27. The van der Waals surface area contributed by atoms with E-state index >= 15 is 0 Å². The van der Waals surface area contributed by atoms with E-state index in [9.17, 15) is 23.3 Å². The van der Waals surface area contributed by atoms with Crippen molar-refractivity contribution in [2.45, 2.75) is 26.1 Å². The van der Waals surface area contributed by atoms with Crippen LogP contribution in [0.2, 0.25) is 0 Å². The number of nitro benzene ring substituents is 1. The maximum atomic E-state index is 12.9. The summed E-state index contributed by atoms with van der Waals surface area (Å²) in [4.78, 5) is 9.69. The van der Waals surface area contributed by atoms with Crippen molar-refractivity contribution in [3.63, 3.8) is 0 Å². The minimum absolute atomic E-state index is 0.199. The Balaban J connectivity index is 3.03. The van der Waals surface area contributed by atoms with Gasteiger partial charge in [0.25, 0.3) is 5.69 Å². The van der Waals surface area contributed by atoms with Gasteiger partial charge in [-0.05, 0) is 19.9 Å². The van der Waals surface area contributed by atoms with Gasteiger partial charge in [0.05, 0.1) is 17.1 Å². The summed E-state index contributed by atoms with van der Waals surface area (Å²) >= 11 is 0. The summed E-state index contributed by atoms with van der Waals surface area (Å²) < 4.78 is 43.8. The second kappa shape index (κ2) is 6.56. The van der Waals surface area contributed by atoms with Gasteiger partial charge < -0.3 is 10.1 Å². The Morgan fingerprint density at radius 3 is 2.60 bits per heavy atom. The zero-order valence-electron chi connectivity index (χ0n) is 11.0. The molecule has 0 saturated heterocycles. The maximum absolute atomic E-state index is 12.9. The van der Waals surface area contributed by atoms with Crippen LogP contribution in [-0.2, 0) is 10.9 Å². The molecule has 0 bridgehead atoms. The van der Waals surface area contributed by atoms with Crippen molar-refractivity contribution in [2.24, 2.45) is 0 Å². The molecule has 0 saturated carbocycles. The third-order valence-corrected chi connectivity index (χ3v) is 2.49. The molecule has 0 heterocycles. The number of ether oxygens (including phenoxy) is 1. The standard InChI is InChI=1S/C12H15F3N2O3/c1-3-20-7-8(2)16-11-5-4-9(17(18)19)6-10(11)12(13,14)15/h4-6,8,16H,3,7H2,1-2H3. The first-order valence-corrected chi connectivity index (χ1v) is 5.95. The van der Waals surface area contributed by atoms with Crippen LogP contribution in [0.3, 0.4) is 0 Å². The fourth-order valence-electron chi connectivity index (χ4n) is 1.61. The van der Waals surface area contributed by atoms with Gasteiger partial charge in [-0.2, -0.15) is 13.2 Å². The van der Waals surface area contributed by atoms with Gasteiger partial charge in [-0.25, -0.2) is 0 Å². The van der Waals surface area contributed by atoms with E-state index in [-0.39, 0.29) is 18.3 Å². The van der Waals surface area contributed by atoms with Gasteiger partial charge in [0.15, 0.2) is 0 Å². The number of non-ortho nitro benzene ring substituents is 1. The zero-order valence-corrected chi connectivity index (χ0v) is 11.0. The van der Waals surface area contributed by atoms with E-state index in [4.69, 9.17) is 4.74 Å². The Morgan fingerprint density at radius 1 is 1.45 bits per heavy atom. The summed E-state index contributed by atoms with van der Waals surface area (Å²) in [6.07, 6.45) is -4.67. The molecule has 0 aromatic heterocycles. The molecular weight excluding hydrogens is 277 g/mol. The van der Waals surface area contributed by atoms with Crippen LogP contribution < -0.4 is 5.32 Å². The minimum Gasteiger partial charge on any atom is -0.380 e. The van der Waals surface area contributed by atoms with Gasteiger partial charge in [0.1, 0.15) is 0 Å². The summed E-state index contributed by atoms with van der Waals surface area (Å²) in [6.45, 7) is 4.14. The molecule has 1 rings (SSSR count). The molecule has 5 nitrogen and oxygen atoms in total. The molecule has 1 aromatic rings. The second-order valence-electron chi connectivity index (χ2n) is 4.19. The van der Waals surface area contributed by atoms with Crippen LogP contribution in [0.25, 0.3) is 0 Å². The Morgan fingerprint density at radius 2 is 2.10 bits per heavy atom. The van der Waals surface area contributed by atoms with Crippen LogP contribution in [-0.4, -0.2) is 24.2 Å². The molecule has 8 heteroatoms. The second-order valence-corrected chi connectivity index (χ2v) is 4.19. The largest absolute Gasteiger partial charge is 0.418 e. The number of hydrogen-bond acceptors (Lipinski definition) is 4. The number of benzene rings is 1. The normalized spacial score (nSPS) is 13.1. The van der Waals surface area contributed by atoms with Gasteiger partial charge in [-0.1, -0.05) is 0 Å². The molecule has 0 radical (unpaired) electrons. The molecule has 0 aliphatic rings. The van der Waals surface area contributed by atoms with E-state index in [1.54, 1.807) is 13.8 Å². The number of hydrogen-bond donors (Lipinski definition) is 1. The predicted molar refractivity (Wildman–Crippen MR) is 67.7 cm³/mol. The first-order valence-electron chi connectivity index (χ1n) is 5.95. The topological polar surface area (TPSA) is 64.4 Å². The van der Waals surface area contributed by atoms with Gasteiger partial charge in [-0.3, -0.25) is 10.1 Å². The average molecular weight is 292 g/mol. The van der Waals surface area contributed by atoms with E-state index in [0.29, 0.717) is 12.7 Å². The number of rotatable bonds is 6. The van der Waals surface area contributed by atoms with Crippen molar-refractivity contribution in [3.8, 4) is 0 Å². The van der Waals surface area contributed by atoms with Crippen molar-refractivity contribution >= 4 is 11.4 Å². The highest BCUT2D eigenvalue weighted by atomic mass is 19.4. The molecule has 20 heavy (non-hydrogen) atoms. The lowest BCUT2D eigenvalue weighted by molar-refractivity contribution is -0.385. The smallest absolute Gasteiger partial charge is 0.380 e. The predicted octanol–water partition coefficient (Wildman–Crippen LogP) is 3.45. The molecule has 0 aliphatic carbocycles. The van der Waals surface area contributed by atoms with E-state index in [1.807, 2.05) is 0 Å². The molecule has 0 amide bonds. The Kier molecular flexibility index (Phi) is 5.32. The highest BCUT2D eigenvalue weighted by Gasteiger charge is 2.35. The molecule has 1 aromatic carbocycles. The van der Waals surface area contributed by atoms with E-state index in [1.165, 1.54) is 0 Å². The molecule has 0 aliphatic heterocycles. The third-order valence-electron chi connectivity index (χ3n) is 2.49. The van der Waals surface area contributed by atoms with Gasteiger partial charge in [0, 0.05) is 30.5 Å². The Hall–Kier alpha value is -1.83. The van der Waals surface area contributed by atoms with Crippen molar-refractivity contribution < 1.29 is 22.8 Å².